The zero-order valence-corrected chi connectivity index (χ0v) is 32.4. The SMILES string of the molecule is COC(=O)CC[C@@H](C)[C@H]1CC[C@H]2[C@@H]3CC[C@@H]4C[C@H]5CC[C@]4(C)[C@H]3C[C@H](OC(=O)Cn3cc(nn3)COc3ccc(cc3)OCc3cn(nn3)CC(=O)O5)[C@]12C. The van der Waals surface area contributed by atoms with E-state index in [1.54, 1.807) is 36.7 Å². The minimum atomic E-state index is -0.325. The lowest BCUT2D eigenvalue weighted by Gasteiger charge is -2.62. The number of benzene rings is 1. The Morgan fingerprint density at radius 1 is 0.855 bits per heavy atom. The van der Waals surface area contributed by atoms with Crippen molar-refractivity contribution >= 4 is 17.9 Å². The number of carbonyl (C=O) groups is 3. The van der Waals surface area contributed by atoms with Crippen LogP contribution in [0.3, 0.4) is 0 Å². The molecule has 296 valence electrons. The number of aromatic nitrogens is 6. The van der Waals surface area contributed by atoms with Crippen LogP contribution in [0.15, 0.2) is 36.7 Å². The summed E-state index contributed by atoms with van der Waals surface area (Å²) in [5.74, 6) is 2.72. The highest BCUT2D eigenvalue weighted by Gasteiger charge is 2.65. The molecular weight excluding hydrogens is 704 g/mol. The van der Waals surface area contributed by atoms with Crippen LogP contribution in [-0.2, 0) is 54.9 Å². The second kappa shape index (κ2) is 15.2. The van der Waals surface area contributed by atoms with E-state index in [9.17, 15) is 14.4 Å². The van der Waals surface area contributed by atoms with Gasteiger partial charge in [-0.05, 0) is 123 Å². The number of hydrogen-bond acceptors (Lipinski definition) is 12. The summed E-state index contributed by atoms with van der Waals surface area (Å²) in [6.45, 7) is 7.38. The molecule has 11 bridgehead atoms. The topological polar surface area (TPSA) is 159 Å². The van der Waals surface area contributed by atoms with Crippen molar-refractivity contribution in [2.45, 2.75) is 123 Å². The van der Waals surface area contributed by atoms with Gasteiger partial charge in [-0.2, -0.15) is 0 Å². The van der Waals surface area contributed by atoms with Crippen molar-refractivity contribution in [2.75, 3.05) is 7.11 Å². The predicted octanol–water partition coefficient (Wildman–Crippen LogP) is 5.72. The Hall–Kier alpha value is -4.49. The standard InChI is InChI=1S/C41H54N6O8/c1-25(5-14-37(48)51-4)33-12-13-34-32-11-6-26-17-31-15-16-40(26,2)35(32)18-36(41(33,34)3)55-39(50)22-47-20-28(43-45-47)24-53-30-9-7-29(8-10-30)52-23-27-19-46(44-42-27)21-38(49)54-31/h7-10,19-20,25-26,31-36H,5-6,11-18,21-24H2,1-4H3/t25-,26-,31-,32+,33-,34+,35+,36+,40+,41-/m1/s1. The predicted molar refractivity (Wildman–Crippen MR) is 196 cm³/mol. The van der Waals surface area contributed by atoms with Gasteiger partial charge >= 0.3 is 17.9 Å². The van der Waals surface area contributed by atoms with Crippen molar-refractivity contribution in [2.24, 2.45) is 46.3 Å². The third-order valence-corrected chi connectivity index (χ3v) is 14.4. The molecule has 4 saturated carbocycles. The van der Waals surface area contributed by atoms with Crippen LogP contribution < -0.4 is 9.47 Å². The van der Waals surface area contributed by atoms with Gasteiger partial charge in [-0.25, -0.2) is 9.36 Å². The van der Waals surface area contributed by atoms with E-state index in [2.05, 4.69) is 41.4 Å². The molecule has 3 aliphatic heterocycles. The van der Waals surface area contributed by atoms with Crippen molar-refractivity contribution in [3.05, 3.63) is 48.0 Å². The highest BCUT2D eigenvalue weighted by molar-refractivity contribution is 5.70. The minimum absolute atomic E-state index is 0.0118. The van der Waals surface area contributed by atoms with Crippen LogP contribution in [0.25, 0.3) is 0 Å². The Balaban J connectivity index is 1.06. The number of fused-ring (bicyclic) bond motifs is 4. The molecule has 14 heteroatoms. The number of rotatable bonds is 4. The smallest absolute Gasteiger partial charge is 0.328 e. The van der Waals surface area contributed by atoms with Gasteiger partial charge < -0.3 is 23.7 Å². The molecule has 10 rings (SSSR count). The molecule has 4 aliphatic carbocycles. The van der Waals surface area contributed by atoms with Crippen molar-refractivity contribution < 1.29 is 38.1 Å². The third-order valence-electron chi connectivity index (χ3n) is 14.4. The fourth-order valence-corrected chi connectivity index (χ4v) is 11.6. The van der Waals surface area contributed by atoms with Gasteiger partial charge in [-0.1, -0.05) is 31.2 Å². The van der Waals surface area contributed by atoms with E-state index < -0.39 is 0 Å². The Bertz CT molecular complexity index is 1860. The van der Waals surface area contributed by atoms with Gasteiger partial charge in [0.05, 0.1) is 19.5 Å². The van der Waals surface area contributed by atoms with Crippen LogP contribution >= 0.6 is 0 Å². The van der Waals surface area contributed by atoms with Gasteiger partial charge in [0.2, 0.25) is 0 Å². The molecule has 5 heterocycles. The van der Waals surface area contributed by atoms with Gasteiger partial charge in [0, 0.05) is 11.8 Å². The molecule has 55 heavy (non-hydrogen) atoms. The van der Waals surface area contributed by atoms with Crippen LogP contribution in [0, 0.1) is 46.3 Å². The van der Waals surface area contributed by atoms with E-state index in [0.29, 0.717) is 58.9 Å². The van der Waals surface area contributed by atoms with Gasteiger partial charge in [0.25, 0.3) is 0 Å². The first-order valence-electron chi connectivity index (χ1n) is 20.1. The highest BCUT2D eigenvalue weighted by atomic mass is 16.6. The summed E-state index contributed by atoms with van der Waals surface area (Å²) in [5.41, 5.74) is 1.01. The van der Waals surface area contributed by atoms with E-state index >= 15 is 0 Å². The first-order chi connectivity index (χ1) is 26.5. The summed E-state index contributed by atoms with van der Waals surface area (Å²) in [6, 6.07) is 7.20. The fraction of sp³-hybridized carbons (Fsp3) is 0.683. The lowest BCUT2D eigenvalue weighted by atomic mass is 9.43. The number of hydrogen-bond donors (Lipinski definition) is 0. The molecule has 2 aromatic heterocycles. The summed E-state index contributed by atoms with van der Waals surface area (Å²) < 4.78 is 32.6. The Kier molecular flexibility index (Phi) is 10.4. The van der Waals surface area contributed by atoms with Crippen LogP contribution in [0.4, 0.5) is 0 Å². The Labute approximate surface area is 321 Å². The van der Waals surface area contributed by atoms with Crippen LogP contribution in [0.1, 0.15) is 96.4 Å². The molecule has 10 atom stereocenters. The first kappa shape index (κ1) is 37.4. The summed E-state index contributed by atoms with van der Waals surface area (Å²) in [5, 5.41) is 16.8. The molecule has 0 saturated heterocycles. The first-order valence-corrected chi connectivity index (χ1v) is 20.1. The molecule has 1 aromatic carbocycles. The fourth-order valence-electron chi connectivity index (χ4n) is 11.6. The summed E-state index contributed by atoms with van der Waals surface area (Å²) in [7, 11) is 1.44. The Morgan fingerprint density at radius 2 is 1.49 bits per heavy atom. The molecular formula is C41H54N6O8. The Morgan fingerprint density at radius 3 is 2.13 bits per heavy atom. The summed E-state index contributed by atoms with van der Waals surface area (Å²) >= 11 is 0. The largest absolute Gasteiger partial charge is 0.487 e. The molecule has 3 aromatic rings. The van der Waals surface area contributed by atoms with E-state index in [1.165, 1.54) is 16.5 Å². The van der Waals surface area contributed by atoms with Gasteiger partial charge in [0.1, 0.15) is 61.4 Å². The second-order valence-corrected chi connectivity index (χ2v) is 17.3. The van der Waals surface area contributed by atoms with Gasteiger partial charge in [-0.15, -0.1) is 10.2 Å². The maximum absolute atomic E-state index is 13.9. The van der Waals surface area contributed by atoms with Crippen molar-refractivity contribution in [3.8, 4) is 11.5 Å². The van der Waals surface area contributed by atoms with E-state index in [4.69, 9.17) is 23.7 Å². The zero-order chi connectivity index (χ0) is 38.3. The molecule has 0 amide bonds. The maximum atomic E-state index is 13.9. The van der Waals surface area contributed by atoms with Crippen LogP contribution in [-0.4, -0.2) is 67.2 Å². The molecule has 0 radical (unpaired) electrons. The third kappa shape index (κ3) is 7.45. The number of ether oxygens (including phenoxy) is 5. The summed E-state index contributed by atoms with van der Waals surface area (Å²) in [4.78, 5) is 39.3. The lowest BCUT2D eigenvalue weighted by molar-refractivity contribution is -0.200. The lowest BCUT2D eigenvalue weighted by Crippen LogP contribution is -2.59. The zero-order valence-electron chi connectivity index (χ0n) is 32.4. The molecule has 0 spiro atoms. The molecule has 14 nitrogen and oxygen atoms in total. The highest BCUT2D eigenvalue weighted by Crippen LogP contribution is 2.69. The number of methoxy groups -OCH3 is 1. The molecule has 0 N–H and O–H groups in total. The van der Waals surface area contributed by atoms with Crippen LogP contribution in [0.2, 0.25) is 0 Å². The average Bonchev–Trinajstić information content (AvgIpc) is 3.91. The van der Waals surface area contributed by atoms with Crippen molar-refractivity contribution in [3.63, 3.8) is 0 Å². The molecule has 7 aliphatic rings. The summed E-state index contributed by atoms with van der Waals surface area (Å²) in [6.07, 6.45) is 11.9. The minimum Gasteiger partial charge on any atom is -0.487 e. The van der Waals surface area contributed by atoms with E-state index in [1.807, 2.05) is 0 Å². The monoisotopic (exact) mass is 758 g/mol. The van der Waals surface area contributed by atoms with E-state index in [0.717, 1.165) is 57.8 Å². The normalized spacial score (nSPS) is 34.1. The number of carbonyl (C=O) groups excluding carboxylic acids is 3. The van der Waals surface area contributed by atoms with E-state index in [-0.39, 0.29) is 73.2 Å². The van der Waals surface area contributed by atoms with Gasteiger partial charge in [0.15, 0.2) is 0 Å². The quantitative estimate of drug-likeness (QED) is 0.236. The maximum Gasteiger partial charge on any atom is 0.328 e. The number of esters is 3. The average molecular weight is 759 g/mol. The molecule has 4 fully saturated rings. The molecule has 0 unspecified atom stereocenters. The van der Waals surface area contributed by atoms with Crippen molar-refractivity contribution in [1.29, 1.82) is 0 Å². The van der Waals surface area contributed by atoms with Gasteiger partial charge in [-0.3, -0.25) is 14.4 Å². The van der Waals surface area contributed by atoms with Crippen molar-refractivity contribution in [1.82, 2.24) is 30.0 Å². The number of nitrogens with zero attached hydrogens (tertiary/aromatic N) is 6. The second-order valence-electron chi connectivity index (χ2n) is 17.3. The van der Waals surface area contributed by atoms with Crippen LogP contribution in [0.5, 0.6) is 11.5 Å².